The Morgan fingerprint density at radius 2 is 0.919 bits per heavy atom. The van der Waals surface area contributed by atoms with Crippen LogP contribution in [0.1, 0.15) is 225 Å². The minimum Gasteiger partial charge on any atom is -0.282 e. The molecule has 14 nitrogen and oxygen atoms in total. The summed E-state index contributed by atoms with van der Waals surface area (Å²) in [5.74, 6) is 0.511. The molecule has 408 valence electrons. The fraction of sp³-hybridized carbons (Fsp3) is 0.550. The molecular weight excluding hydrogens is 917 g/mol. The van der Waals surface area contributed by atoms with Crippen LogP contribution in [0.4, 0.5) is 0 Å². The SMILES string of the molecule is CC.CC.CC.CC.CC.CC(C)(C)c1[nH]nc2ccncc12.CC(C)(C)c1[nH]nc2ncccc12.CC(C)(C)c1[nH]nc2ncncc12.CC(C)(C)c1n[nH]c2c1CCCC2.CC(C)c1[nH]nc2ccccc12. The van der Waals surface area contributed by atoms with Crippen LogP contribution in [0.3, 0.4) is 0 Å². The lowest BCUT2D eigenvalue weighted by Gasteiger charge is -2.19. The van der Waals surface area contributed by atoms with E-state index < -0.39 is 0 Å². The first kappa shape index (κ1) is 65.7. The highest BCUT2D eigenvalue weighted by Gasteiger charge is 2.25. The van der Waals surface area contributed by atoms with Crippen molar-refractivity contribution in [1.29, 1.82) is 0 Å². The molecule has 14 heteroatoms. The molecule has 8 heterocycles. The second-order valence-electron chi connectivity index (χ2n) is 20.9. The Kier molecular flexibility index (Phi) is 27.9. The van der Waals surface area contributed by atoms with Gasteiger partial charge in [-0.25, -0.2) is 15.0 Å². The number of H-pyrrole nitrogens is 5. The van der Waals surface area contributed by atoms with Crippen molar-refractivity contribution in [3.05, 3.63) is 113 Å². The van der Waals surface area contributed by atoms with E-state index in [4.69, 9.17) is 0 Å². The molecule has 5 N–H and O–H groups in total. The molecule has 0 amide bonds. The molecule has 1 aliphatic carbocycles. The van der Waals surface area contributed by atoms with E-state index >= 15 is 0 Å². The van der Waals surface area contributed by atoms with Crippen molar-refractivity contribution in [3.8, 4) is 0 Å². The first-order chi connectivity index (χ1) is 35.1. The van der Waals surface area contributed by atoms with E-state index in [1.807, 2.05) is 112 Å². The van der Waals surface area contributed by atoms with Crippen LogP contribution in [0.15, 0.2) is 73.6 Å². The van der Waals surface area contributed by atoms with Gasteiger partial charge in [-0.2, -0.15) is 25.5 Å². The van der Waals surface area contributed by atoms with Crippen molar-refractivity contribution in [2.24, 2.45) is 0 Å². The molecule has 74 heavy (non-hydrogen) atoms. The zero-order chi connectivity index (χ0) is 56.5. The molecule has 0 atom stereocenters. The van der Waals surface area contributed by atoms with Gasteiger partial charge in [-0.15, -0.1) is 0 Å². The highest BCUT2D eigenvalue weighted by atomic mass is 15.2. The van der Waals surface area contributed by atoms with Crippen molar-refractivity contribution in [2.75, 3.05) is 0 Å². The predicted molar refractivity (Wildman–Crippen MR) is 316 cm³/mol. The van der Waals surface area contributed by atoms with Crippen molar-refractivity contribution in [3.63, 3.8) is 0 Å². The Morgan fingerprint density at radius 3 is 1.50 bits per heavy atom. The summed E-state index contributed by atoms with van der Waals surface area (Å²) in [4.78, 5) is 16.3. The van der Waals surface area contributed by atoms with E-state index in [2.05, 4.69) is 174 Å². The summed E-state index contributed by atoms with van der Waals surface area (Å²) in [5, 5.41) is 41.0. The van der Waals surface area contributed by atoms with Gasteiger partial charge in [-0.05, 0) is 61.4 Å². The molecule has 0 saturated carbocycles. The molecule has 8 aromatic heterocycles. The average Bonchev–Trinajstić information content (AvgIpc) is 4.26. The number of fused-ring (bicyclic) bond motifs is 5. The molecule has 0 saturated heterocycles. The van der Waals surface area contributed by atoms with Crippen LogP contribution in [0.5, 0.6) is 0 Å². The topological polar surface area (TPSA) is 195 Å². The van der Waals surface area contributed by atoms with Crippen LogP contribution >= 0.6 is 0 Å². The Labute approximate surface area is 445 Å². The first-order valence-corrected chi connectivity index (χ1v) is 27.4. The lowest BCUT2D eigenvalue weighted by atomic mass is 9.85. The smallest absolute Gasteiger partial charge is 0.184 e. The molecule has 0 bridgehead atoms. The average molecular weight is 1020 g/mol. The number of rotatable bonds is 1. The maximum atomic E-state index is 4.44. The van der Waals surface area contributed by atoms with Crippen LogP contribution in [0.25, 0.3) is 43.9 Å². The summed E-state index contributed by atoms with van der Waals surface area (Å²) >= 11 is 0. The van der Waals surface area contributed by atoms with Gasteiger partial charge in [0, 0.05) is 79.7 Å². The van der Waals surface area contributed by atoms with E-state index in [0.29, 0.717) is 5.92 Å². The van der Waals surface area contributed by atoms with Crippen LogP contribution < -0.4 is 0 Å². The van der Waals surface area contributed by atoms with Crippen molar-refractivity contribution in [1.82, 2.24) is 70.9 Å². The van der Waals surface area contributed by atoms with Crippen LogP contribution in [0, 0.1) is 0 Å². The van der Waals surface area contributed by atoms with E-state index in [1.165, 1.54) is 60.0 Å². The standard InChI is InChI=1S/C11H18N2.2C10H13N3.C10H12N2.C9H12N4.5C2H6/c1-11(2,3)10-8-6-4-5-7-9(8)12-13-10;1-10(2,3)9-7-6-11-5-4-8(7)12-13-9;1-10(2,3)8-7-5-4-6-11-9(7)13-12-8;1-7(2)10-8-5-3-4-6-9(8)11-12-10;1-9(2,3)7-6-4-10-5-11-8(6)13-12-7;5*1-2/h4-7H2,1-3H3,(H,12,13);4-6H,1-3H3,(H,12,13);4-6H,1-3H3,(H,11,12,13);3-7H,1-2H3,(H,11,12);4-5H,1-3H3,(H,10,11,12,13);5*1-2H3. The zero-order valence-electron chi connectivity index (χ0n) is 50.4. The first-order valence-electron chi connectivity index (χ1n) is 27.4. The highest BCUT2D eigenvalue weighted by Crippen LogP contribution is 2.31. The summed E-state index contributed by atoms with van der Waals surface area (Å²) in [6.45, 7) is 50.4. The maximum Gasteiger partial charge on any atom is 0.184 e. The minimum atomic E-state index is 0.0550. The summed E-state index contributed by atoms with van der Waals surface area (Å²) < 4.78 is 0. The summed E-state index contributed by atoms with van der Waals surface area (Å²) in [7, 11) is 0. The van der Waals surface area contributed by atoms with Crippen LogP contribution in [-0.4, -0.2) is 70.9 Å². The molecule has 1 aliphatic rings. The number of benzene rings is 1. The fourth-order valence-corrected chi connectivity index (χ4v) is 7.70. The molecule has 10 rings (SSSR count). The van der Waals surface area contributed by atoms with E-state index in [9.17, 15) is 0 Å². The van der Waals surface area contributed by atoms with Gasteiger partial charge >= 0.3 is 0 Å². The second-order valence-corrected chi connectivity index (χ2v) is 20.9. The number of aromatic amines is 5. The van der Waals surface area contributed by atoms with Crippen molar-refractivity contribution in [2.45, 2.75) is 219 Å². The Morgan fingerprint density at radius 1 is 0.432 bits per heavy atom. The van der Waals surface area contributed by atoms with E-state index in [0.717, 1.165) is 55.6 Å². The molecule has 1 aromatic carbocycles. The van der Waals surface area contributed by atoms with Gasteiger partial charge in [0.15, 0.2) is 11.3 Å². The van der Waals surface area contributed by atoms with Gasteiger partial charge in [0.05, 0.1) is 33.5 Å². The van der Waals surface area contributed by atoms with Gasteiger partial charge in [0.2, 0.25) is 0 Å². The monoisotopic (exact) mass is 1010 g/mol. The second kappa shape index (κ2) is 31.4. The predicted octanol–water partition coefficient (Wildman–Crippen LogP) is 16.6. The third-order valence-corrected chi connectivity index (χ3v) is 11.0. The molecule has 0 aliphatic heterocycles. The van der Waals surface area contributed by atoms with Crippen molar-refractivity contribution < 1.29 is 0 Å². The maximum absolute atomic E-state index is 4.44. The molecule has 0 spiro atoms. The van der Waals surface area contributed by atoms with Crippen LogP contribution in [0.2, 0.25) is 0 Å². The number of hydrogen-bond acceptors (Lipinski definition) is 9. The lowest BCUT2D eigenvalue weighted by molar-refractivity contribution is 0.555. The van der Waals surface area contributed by atoms with Gasteiger partial charge in [-0.3, -0.25) is 30.5 Å². The normalized spacial score (nSPS) is 11.7. The highest BCUT2D eigenvalue weighted by molar-refractivity contribution is 5.82. The van der Waals surface area contributed by atoms with E-state index in [-0.39, 0.29) is 21.7 Å². The number of nitrogens with one attached hydrogen (secondary N) is 5. The molecular formula is C60H98N14. The molecule has 0 fully saturated rings. The number of aromatic nitrogens is 14. The third kappa shape index (κ3) is 18.6. The molecule has 0 radical (unpaired) electrons. The zero-order valence-corrected chi connectivity index (χ0v) is 50.4. The number of para-hydroxylation sites is 1. The van der Waals surface area contributed by atoms with Gasteiger partial charge in [0.1, 0.15) is 6.33 Å². The number of hydrogen-bond donors (Lipinski definition) is 5. The summed E-state index contributed by atoms with van der Waals surface area (Å²) in [6, 6.07) is 14.1. The lowest BCUT2D eigenvalue weighted by Crippen LogP contribution is -2.15. The largest absolute Gasteiger partial charge is 0.282 e. The van der Waals surface area contributed by atoms with Gasteiger partial charge in [-0.1, -0.05) is 184 Å². The van der Waals surface area contributed by atoms with Gasteiger partial charge < -0.3 is 0 Å². The molecule has 0 unspecified atom stereocenters. The number of aryl methyl sites for hydroxylation is 1. The fourth-order valence-electron chi connectivity index (χ4n) is 7.70. The minimum absolute atomic E-state index is 0.0550. The van der Waals surface area contributed by atoms with Crippen LogP contribution in [-0.2, 0) is 34.5 Å². The Bertz CT molecular complexity index is 2680. The Hall–Kier alpha value is -6.31. The summed E-state index contributed by atoms with van der Waals surface area (Å²) in [6.07, 6.45) is 13.7. The number of nitrogens with zero attached hydrogens (tertiary/aromatic N) is 9. The summed E-state index contributed by atoms with van der Waals surface area (Å²) in [5.41, 5.74) is 12.8. The molecule has 9 aromatic rings. The van der Waals surface area contributed by atoms with Gasteiger partial charge in [0.25, 0.3) is 0 Å². The quantitative estimate of drug-likeness (QED) is 0.106. The van der Waals surface area contributed by atoms with Crippen molar-refractivity contribution >= 4 is 43.9 Å². The Balaban J connectivity index is 0.000000443. The number of pyridine rings is 2. The third-order valence-electron chi connectivity index (χ3n) is 11.0. The van der Waals surface area contributed by atoms with E-state index in [1.54, 1.807) is 18.6 Å².